The first-order valence-corrected chi connectivity index (χ1v) is 9.09. The standard InChI is InChI=1S/C19H28N4O2/c1-21-10-11-23(17(13-21)15-6-3-2-4-7-15)19(25)16-8-5-9-22(12-16)14-18(20)24/h2-4,6-7,16-17H,5,8-14H2,1H3,(H2,20,24). The molecule has 25 heavy (non-hydrogen) atoms. The van der Waals surface area contributed by atoms with Crippen LogP contribution in [0.3, 0.4) is 0 Å². The van der Waals surface area contributed by atoms with Crippen LogP contribution in [0.5, 0.6) is 0 Å². The molecule has 0 spiro atoms. The highest BCUT2D eigenvalue weighted by atomic mass is 16.2. The fourth-order valence-electron chi connectivity index (χ4n) is 4.00. The van der Waals surface area contributed by atoms with Gasteiger partial charge in [-0.05, 0) is 32.0 Å². The van der Waals surface area contributed by atoms with Gasteiger partial charge in [-0.15, -0.1) is 0 Å². The Balaban J connectivity index is 1.73. The van der Waals surface area contributed by atoms with Crippen molar-refractivity contribution in [3.05, 3.63) is 35.9 Å². The van der Waals surface area contributed by atoms with E-state index < -0.39 is 0 Å². The first-order chi connectivity index (χ1) is 12.0. The van der Waals surface area contributed by atoms with Crippen molar-refractivity contribution in [3.63, 3.8) is 0 Å². The van der Waals surface area contributed by atoms with Gasteiger partial charge in [-0.1, -0.05) is 30.3 Å². The van der Waals surface area contributed by atoms with Gasteiger partial charge in [-0.25, -0.2) is 0 Å². The molecule has 6 heteroatoms. The minimum atomic E-state index is -0.324. The largest absolute Gasteiger partial charge is 0.369 e. The van der Waals surface area contributed by atoms with Crippen molar-refractivity contribution in [2.24, 2.45) is 11.7 Å². The number of carbonyl (C=O) groups excluding carboxylic acids is 2. The zero-order valence-electron chi connectivity index (χ0n) is 14.9. The van der Waals surface area contributed by atoms with Gasteiger partial charge in [0.1, 0.15) is 0 Å². The molecule has 1 aromatic rings. The van der Waals surface area contributed by atoms with E-state index in [-0.39, 0.29) is 30.3 Å². The summed E-state index contributed by atoms with van der Waals surface area (Å²) in [6.45, 7) is 4.23. The Hall–Kier alpha value is -1.92. The second kappa shape index (κ2) is 7.97. The lowest BCUT2D eigenvalue weighted by atomic mass is 9.94. The maximum Gasteiger partial charge on any atom is 0.231 e. The van der Waals surface area contributed by atoms with Crippen LogP contribution >= 0.6 is 0 Å². The van der Waals surface area contributed by atoms with Crippen LogP contribution in [-0.2, 0) is 9.59 Å². The van der Waals surface area contributed by atoms with Crippen molar-refractivity contribution in [1.29, 1.82) is 0 Å². The van der Waals surface area contributed by atoms with E-state index in [1.807, 2.05) is 28.0 Å². The monoisotopic (exact) mass is 344 g/mol. The molecule has 0 aromatic heterocycles. The molecule has 2 saturated heterocycles. The number of rotatable bonds is 4. The highest BCUT2D eigenvalue weighted by molar-refractivity contribution is 5.80. The van der Waals surface area contributed by atoms with E-state index in [4.69, 9.17) is 5.73 Å². The van der Waals surface area contributed by atoms with Crippen LogP contribution < -0.4 is 5.73 Å². The normalized spacial score (nSPS) is 25.7. The van der Waals surface area contributed by atoms with Gasteiger partial charge in [0.2, 0.25) is 11.8 Å². The molecule has 2 unspecified atom stereocenters. The number of amides is 2. The zero-order chi connectivity index (χ0) is 17.8. The second-order valence-corrected chi connectivity index (χ2v) is 7.26. The van der Waals surface area contributed by atoms with E-state index in [0.717, 1.165) is 39.0 Å². The van der Waals surface area contributed by atoms with E-state index in [0.29, 0.717) is 6.54 Å². The molecule has 2 heterocycles. The van der Waals surface area contributed by atoms with E-state index >= 15 is 0 Å². The van der Waals surface area contributed by atoms with Crippen molar-refractivity contribution in [2.45, 2.75) is 18.9 Å². The third kappa shape index (κ3) is 4.38. The average molecular weight is 344 g/mol. The predicted octanol–water partition coefficient (Wildman–Crippen LogP) is 0.699. The molecule has 0 aliphatic carbocycles. The molecule has 2 aliphatic heterocycles. The summed E-state index contributed by atoms with van der Waals surface area (Å²) in [7, 11) is 2.10. The van der Waals surface area contributed by atoms with Crippen LogP contribution in [0.2, 0.25) is 0 Å². The number of carbonyl (C=O) groups is 2. The van der Waals surface area contributed by atoms with Gasteiger partial charge in [-0.3, -0.25) is 14.5 Å². The summed E-state index contributed by atoms with van der Waals surface area (Å²) >= 11 is 0. The fraction of sp³-hybridized carbons (Fsp3) is 0.579. The van der Waals surface area contributed by atoms with Crippen LogP contribution in [0.1, 0.15) is 24.4 Å². The Bertz CT molecular complexity index is 607. The van der Waals surface area contributed by atoms with Crippen molar-refractivity contribution < 1.29 is 9.59 Å². The summed E-state index contributed by atoms with van der Waals surface area (Å²) in [6, 6.07) is 10.4. The molecule has 2 N–H and O–H groups in total. The van der Waals surface area contributed by atoms with E-state index in [1.165, 1.54) is 5.56 Å². The van der Waals surface area contributed by atoms with Gasteiger partial charge in [-0.2, -0.15) is 0 Å². The van der Waals surface area contributed by atoms with Crippen LogP contribution in [-0.4, -0.2) is 72.8 Å². The lowest BCUT2D eigenvalue weighted by Crippen LogP contribution is -2.53. The number of piperazine rings is 1. The number of benzene rings is 1. The molecular weight excluding hydrogens is 316 g/mol. The average Bonchev–Trinajstić information content (AvgIpc) is 2.61. The maximum atomic E-state index is 13.2. The quantitative estimate of drug-likeness (QED) is 0.873. The Morgan fingerprint density at radius 2 is 1.88 bits per heavy atom. The molecule has 0 saturated carbocycles. The molecule has 2 atom stereocenters. The molecule has 136 valence electrons. The lowest BCUT2D eigenvalue weighted by Gasteiger charge is -2.43. The zero-order valence-corrected chi connectivity index (χ0v) is 14.9. The topological polar surface area (TPSA) is 69.9 Å². The van der Waals surface area contributed by atoms with Gasteiger partial charge >= 0.3 is 0 Å². The highest BCUT2D eigenvalue weighted by Gasteiger charge is 2.35. The van der Waals surface area contributed by atoms with Gasteiger partial charge in [0.05, 0.1) is 18.5 Å². The third-order valence-electron chi connectivity index (χ3n) is 5.29. The Kier molecular flexibility index (Phi) is 5.71. The summed E-state index contributed by atoms with van der Waals surface area (Å²) in [4.78, 5) is 30.8. The highest BCUT2D eigenvalue weighted by Crippen LogP contribution is 2.28. The summed E-state index contributed by atoms with van der Waals surface area (Å²) in [6.07, 6.45) is 1.83. The molecule has 3 rings (SSSR count). The summed E-state index contributed by atoms with van der Waals surface area (Å²) in [5.41, 5.74) is 6.51. The number of primary amides is 1. The smallest absolute Gasteiger partial charge is 0.231 e. The van der Waals surface area contributed by atoms with Gasteiger partial charge in [0.25, 0.3) is 0 Å². The van der Waals surface area contributed by atoms with Gasteiger partial charge in [0.15, 0.2) is 0 Å². The van der Waals surface area contributed by atoms with Crippen molar-refractivity contribution >= 4 is 11.8 Å². The molecular formula is C19H28N4O2. The SMILES string of the molecule is CN1CCN(C(=O)C2CCCN(CC(N)=O)C2)C(c2ccccc2)C1. The minimum absolute atomic E-state index is 0.0391. The first kappa shape index (κ1) is 17.9. The molecule has 0 bridgehead atoms. The van der Waals surface area contributed by atoms with Crippen LogP contribution in [0.4, 0.5) is 0 Å². The van der Waals surface area contributed by atoms with Gasteiger partial charge < -0.3 is 15.5 Å². The van der Waals surface area contributed by atoms with E-state index in [2.05, 4.69) is 24.1 Å². The Morgan fingerprint density at radius 3 is 2.60 bits per heavy atom. The van der Waals surface area contributed by atoms with Crippen LogP contribution in [0.15, 0.2) is 30.3 Å². The van der Waals surface area contributed by atoms with Crippen molar-refractivity contribution in [2.75, 3.05) is 46.3 Å². The molecule has 1 aromatic carbocycles. The van der Waals surface area contributed by atoms with Gasteiger partial charge in [0, 0.05) is 26.2 Å². The van der Waals surface area contributed by atoms with E-state index in [1.54, 1.807) is 0 Å². The number of nitrogens with zero attached hydrogens (tertiary/aromatic N) is 3. The van der Waals surface area contributed by atoms with Crippen molar-refractivity contribution in [3.8, 4) is 0 Å². The third-order valence-corrected chi connectivity index (χ3v) is 5.29. The predicted molar refractivity (Wildman–Crippen MR) is 96.8 cm³/mol. The summed E-state index contributed by atoms with van der Waals surface area (Å²) in [5, 5.41) is 0. The molecule has 0 radical (unpaired) electrons. The molecule has 2 aliphatic rings. The number of nitrogens with two attached hydrogens (primary N) is 1. The minimum Gasteiger partial charge on any atom is -0.369 e. The summed E-state index contributed by atoms with van der Waals surface area (Å²) < 4.78 is 0. The fourth-order valence-corrected chi connectivity index (χ4v) is 4.00. The van der Waals surface area contributed by atoms with Crippen molar-refractivity contribution in [1.82, 2.24) is 14.7 Å². The molecule has 2 fully saturated rings. The molecule has 2 amide bonds. The maximum absolute atomic E-state index is 13.2. The first-order valence-electron chi connectivity index (χ1n) is 9.09. The molecule has 6 nitrogen and oxygen atoms in total. The van der Waals surface area contributed by atoms with Crippen LogP contribution in [0, 0.1) is 5.92 Å². The number of hydrogen-bond donors (Lipinski definition) is 1. The lowest BCUT2D eigenvalue weighted by molar-refractivity contribution is -0.143. The number of hydrogen-bond acceptors (Lipinski definition) is 4. The van der Waals surface area contributed by atoms with E-state index in [9.17, 15) is 9.59 Å². The number of likely N-dealkylation sites (tertiary alicyclic amines) is 1. The second-order valence-electron chi connectivity index (χ2n) is 7.26. The number of likely N-dealkylation sites (N-methyl/N-ethyl adjacent to an activating group) is 1. The Morgan fingerprint density at radius 1 is 1.12 bits per heavy atom. The number of piperidine rings is 1. The summed E-state index contributed by atoms with van der Waals surface area (Å²) in [5.74, 6) is -0.145. The van der Waals surface area contributed by atoms with Crippen LogP contribution in [0.25, 0.3) is 0 Å². The Labute approximate surface area is 149 Å².